The lowest BCUT2D eigenvalue weighted by Crippen LogP contribution is -2.34. The molecular weight excluding hydrogens is 244 g/mol. The Morgan fingerprint density at radius 2 is 2.11 bits per heavy atom. The lowest BCUT2D eigenvalue weighted by atomic mass is 10.1. The minimum Gasteiger partial charge on any atom is -0.495 e. The van der Waals surface area contributed by atoms with Gasteiger partial charge in [0.1, 0.15) is 5.75 Å². The van der Waals surface area contributed by atoms with Gasteiger partial charge in [0.15, 0.2) is 0 Å². The number of nitrogens with two attached hydrogens (primary N) is 1. The third-order valence-electron chi connectivity index (χ3n) is 2.90. The molecule has 0 spiro atoms. The van der Waals surface area contributed by atoms with Gasteiger partial charge in [-0.15, -0.1) is 0 Å². The standard InChI is InChI=1S/C14H22N2O3/c1-4-16(9-10-19-5-2)14(17)11-7-6-8-12(18-3)13(11)15/h6-8H,4-5,9-10,15H2,1-3H3. The van der Waals surface area contributed by atoms with E-state index in [9.17, 15) is 4.79 Å². The average Bonchev–Trinajstić information content (AvgIpc) is 2.43. The van der Waals surface area contributed by atoms with E-state index in [2.05, 4.69) is 0 Å². The van der Waals surface area contributed by atoms with Crippen molar-refractivity contribution in [3.8, 4) is 5.75 Å². The monoisotopic (exact) mass is 266 g/mol. The number of nitrogens with zero attached hydrogens (tertiary/aromatic N) is 1. The summed E-state index contributed by atoms with van der Waals surface area (Å²) in [5, 5.41) is 0. The number of amides is 1. The number of rotatable bonds is 7. The number of likely N-dealkylation sites (N-methyl/N-ethyl adjacent to an activating group) is 1. The summed E-state index contributed by atoms with van der Waals surface area (Å²) >= 11 is 0. The Balaban J connectivity index is 2.85. The first kappa shape index (κ1) is 15.3. The molecule has 2 N–H and O–H groups in total. The van der Waals surface area contributed by atoms with Crippen LogP contribution in [0.1, 0.15) is 24.2 Å². The van der Waals surface area contributed by atoms with Crippen molar-refractivity contribution < 1.29 is 14.3 Å². The van der Waals surface area contributed by atoms with Crippen molar-refractivity contribution in [2.75, 3.05) is 39.1 Å². The third-order valence-corrected chi connectivity index (χ3v) is 2.90. The van der Waals surface area contributed by atoms with Crippen LogP contribution in [0.4, 0.5) is 5.69 Å². The summed E-state index contributed by atoms with van der Waals surface area (Å²) in [4.78, 5) is 14.1. The van der Waals surface area contributed by atoms with Crippen molar-refractivity contribution in [2.45, 2.75) is 13.8 Å². The zero-order valence-electron chi connectivity index (χ0n) is 11.8. The van der Waals surface area contributed by atoms with Crippen LogP contribution in [0.3, 0.4) is 0 Å². The topological polar surface area (TPSA) is 64.8 Å². The molecule has 0 bridgehead atoms. The lowest BCUT2D eigenvalue weighted by molar-refractivity contribution is 0.0670. The zero-order valence-corrected chi connectivity index (χ0v) is 11.8. The van der Waals surface area contributed by atoms with E-state index >= 15 is 0 Å². The minimum atomic E-state index is -0.0985. The zero-order chi connectivity index (χ0) is 14.3. The fourth-order valence-electron chi connectivity index (χ4n) is 1.80. The number of anilines is 1. The van der Waals surface area contributed by atoms with Crippen LogP contribution in [0.25, 0.3) is 0 Å². The number of hydrogen-bond acceptors (Lipinski definition) is 4. The Morgan fingerprint density at radius 3 is 2.68 bits per heavy atom. The van der Waals surface area contributed by atoms with Crippen molar-refractivity contribution in [1.82, 2.24) is 4.90 Å². The fraction of sp³-hybridized carbons (Fsp3) is 0.500. The van der Waals surface area contributed by atoms with E-state index in [-0.39, 0.29) is 5.91 Å². The largest absolute Gasteiger partial charge is 0.495 e. The van der Waals surface area contributed by atoms with Crippen molar-refractivity contribution in [1.29, 1.82) is 0 Å². The Labute approximate surface area is 114 Å². The number of carbonyl (C=O) groups excluding carboxylic acids is 1. The molecule has 0 heterocycles. The number of hydrogen-bond donors (Lipinski definition) is 1. The van der Waals surface area contributed by atoms with Gasteiger partial charge in [-0.1, -0.05) is 6.07 Å². The average molecular weight is 266 g/mol. The molecule has 1 rings (SSSR count). The minimum absolute atomic E-state index is 0.0985. The van der Waals surface area contributed by atoms with Crippen LogP contribution in [0.2, 0.25) is 0 Å². The molecule has 5 nitrogen and oxygen atoms in total. The van der Waals surface area contributed by atoms with Gasteiger partial charge in [0.2, 0.25) is 0 Å². The lowest BCUT2D eigenvalue weighted by Gasteiger charge is -2.22. The molecule has 1 aromatic carbocycles. The molecule has 1 aromatic rings. The van der Waals surface area contributed by atoms with E-state index in [0.717, 1.165) is 0 Å². The van der Waals surface area contributed by atoms with Gasteiger partial charge in [0.25, 0.3) is 5.91 Å². The molecular formula is C14H22N2O3. The van der Waals surface area contributed by atoms with Gasteiger partial charge < -0.3 is 20.1 Å². The molecule has 0 aliphatic carbocycles. The highest BCUT2D eigenvalue weighted by atomic mass is 16.5. The predicted octanol–water partition coefficient (Wildman–Crippen LogP) is 1.78. The maximum absolute atomic E-state index is 12.4. The number of methoxy groups -OCH3 is 1. The highest BCUT2D eigenvalue weighted by Crippen LogP contribution is 2.25. The summed E-state index contributed by atoms with van der Waals surface area (Å²) in [6.07, 6.45) is 0. The van der Waals surface area contributed by atoms with Crippen LogP contribution in [-0.4, -0.2) is 44.2 Å². The van der Waals surface area contributed by atoms with Gasteiger partial charge in [0.05, 0.1) is 25.0 Å². The molecule has 0 aromatic heterocycles. The quantitative estimate of drug-likeness (QED) is 0.603. The van der Waals surface area contributed by atoms with E-state index in [1.54, 1.807) is 23.1 Å². The van der Waals surface area contributed by atoms with Crippen molar-refractivity contribution in [2.24, 2.45) is 0 Å². The van der Waals surface area contributed by atoms with Crippen LogP contribution in [0, 0.1) is 0 Å². The second-order valence-electron chi connectivity index (χ2n) is 4.00. The maximum atomic E-state index is 12.4. The first-order valence-electron chi connectivity index (χ1n) is 6.45. The molecule has 0 aliphatic heterocycles. The van der Waals surface area contributed by atoms with Crippen LogP contribution >= 0.6 is 0 Å². The first-order valence-corrected chi connectivity index (χ1v) is 6.45. The van der Waals surface area contributed by atoms with Crippen molar-refractivity contribution in [3.05, 3.63) is 23.8 Å². The summed E-state index contributed by atoms with van der Waals surface area (Å²) in [6, 6.07) is 5.21. The van der Waals surface area contributed by atoms with E-state index in [0.29, 0.717) is 43.3 Å². The third kappa shape index (κ3) is 3.86. The van der Waals surface area contributed by atoms with Crippen molar-refractivity contribution in [3.63, 3.8) is 0 Å². The first-order chi connectivity index (χ1) is 9.15. The molecule has 0 aliphatic rings. The molecule has 19 heavy (non-hydrogen) atoms. The summed E-state index contributed by atoms with van der Waals surface area (Å²) in [7, 11) is 1.53. The number of ether oxygens (including phenoxy) is 2. The van der Waals surface area contributed by atoms with Crippen LogP contribution in [0.15, 0.2) is 18.2 Å². The number of nitrogen functional groups attached to an aromatic ring is 1. The molecule has 0 atom stereocenters. The molecule has 1 amide bonds. The SMILES string of the molecule is CCOCCN(CC)C(=O)c1cccc(OC)c1N. The molecule has 0 unspecified atom stereocenters. The summed E-state index contributed by atoms with van der Waals surface area (Å²) < 4.78 is 10.4. The summed E-state index contributed by atoms with van der Waals surface area (Å²) in [6.45, 7) is 6.20. The van der Waals surface area contributed by atoms with Crippen LogP contribution < -0.4 is 10.5 Å². The number of benzene rings is 1. The molecule has 0 saturated heterocycles. The van der Waals surface area contributed by atoms with Gasteiger partial charge in [0, 0.05) is 19.7 Å². The van der Waals surface area contributed by atoms with Crippen molar-refractivity contribution >= 4 is 11.6 Å². The second kappa shape index (κ2) is 7.63. The van der Waals surface area contributed by atoms with Crippen LogP contribution in [-0.2, 0) is 4.74 Å². The number of para-hydroxylation sites is 1. The smallest absolute Gasteiger partial charge is 0.256 e. The normalized spacial score (nSPS) is 10.3. The molecule has 0 radical (unpaired) electrons. The molecule has 5 heteroatoms. The maximum Gasteiger partial charge on any atom is 0.256 e. The van der Waals surface area contributed by atoms with E-state index < -0.39 is 0 Å². The summed E-state index contributed by atoms with van der Waals surface area (Å²) in [5.41, 5.74) is 6.79. The predicted molar refractivity (Wildman–Crippen MR) is 75.5 cm³/mol. The van der Waals surface area contributed by atoms with Gasteiger partial charge >= 0.3 is 0 Å². The molecule has 106 valence electrons. The Hall–Kier alpha value is -1.75. The van der Waals surface area contributed by atoms with Gasteiger partial charge in [-0.2, -0.15) is 0 Å². The second-order valence-corrected chi connectivity index (χ2v) is 4.00. The Bertz CT molecular complexity index is 421. The fourth-order valence-corrected chi connectivity index (χ4v) is 1.80. The molecule has 0 saturated carbocycles. The van der Waals surface area contributed by atoms with Crippen LogP contribution in [0.5, 0.6) is 5.75 Å². The van der Waals surface area contributed by atoms with Gasteiger partial charge in [-0.05, 0) is 26.0 Å². The summed E-state index contributed by atoms with van der Waals surface area (Å²) in [5.74, 6) is 0.422. The highest BCUT2D eigenvalue weighted by molar-refractivity contribution is 6.00. The van der Waals surface area contributed by atoms with E-state index in [1.807, 2.05) is 13.8 Å². The Morgan fingerprint density at radius 1 is 1.37 bits per heavy atom. The van der Waals surface area contributed by atoms with Gasteiger partial charge in [-0.25, -0.2) is 0 Å². The van der Waals surface area contributed by atoms with E-state index in [1.165, 1.54) is 7.11 Å². The van der Waals surface area contributed by atoms with E-state index in [4.69, 9.17) is 15.2 Å². The highest BCUT2D eigenvalue weighted by Gasteiger charge is 2.18. The van der Waals surface area contributed by atoms with Gasteiger partial charge in [-0.3, -0.25) is 4.79 Å². The number of carbonyl (C=O) groups is 1. The Kier molecular flexibility index (Phi) is 6.15. The molecule has 0 fully saturated rings.